The molecule has 1 aliphatic rings. The summed E-state index contributed by atoms with van der Waals surface area (Å²) in [6, 6.07) is 0.889. The maximum atomic E-state index is 12.7. The van der Waals surface area contributed by atoms with Crippen LogP contribution in [-0.2, 0) is 6.18 Å². The Balaban J connectivity index is 1.84. The molecule has 2 heterocycles. The fourth-order valence-electron chi connectivity index (χ4n) is 3.15. The second-order valence-electron chi connectivity index (χ2n) is 7.68. The molecule has 1 aliphatic heterocycles. The Labute approximate surface area is 169 Å². The monoisotopic (exact) mass is 420 g/mol. The first-order valence-corrected chi connectivity index (χ1v) is 9.99. The minimum Gasteiger partial charge on any atom is -0.352 e. The van der Waals surface area contributed by atoms with Gasteiger partial charge in [-0.3, -0.25) is 0 Å². The number of alkyl halides is 3. The fraction of sp³-hybridized carbons (Fsp3) is 0.684. The predicted octanol–water partition coefficient (Wildman–Crippen LogP) is 4.80. The van der Waals surface area contributed by atoms with Gasteiger partial charge in [0.1, 0.15) is 5.82 Å². The number of carbonyl (C=O) groups is 1. The third-order valence-corrected chi connectivity index (χ3v) is 5.08. The molecule has 1 fully saturated rings. The molecule has 0 radical (unpaired) electrons. The van der Waals surface area contributed by atoms with Crippen LogP contribution < -0.4 is 10.2 Å². The topological polar surface area (TPSA) is 48.5 Å². The Morgan fingerprint density at radius 2 is 1.86 bits per heavy atom. The van der Waals surface area contributed by atoms with E-state index in [1.165, 1.54) is 0 Å². The maximum Gasteiger partial charge on any atom is 0.417 e. The zero-order chi connectivity index (χ0) is 20.9. The molecule has 0 saturated carbocycles. The standard InChI is InChI=1S/C19H28ClF3N4O/c1-13(2)5-4-6-14(3)25-18(28)27-9-7-26(8-10-27)17-16(20)11-15(12-24-17)19(21,22)23/h11-14H,4-10H2,1-3H3,(H,25,28)/t14-/m1/s1. The van der Waals surface area contributed by atoms with Crippen LogP contribution >= 0.6 is 11.6 Å². The summed E-state index contributed by atoms with van der Waals surface area (Å²) in [6.45, 7) is 8.22. The molecule has 2 amide bonds. The van der Waals surface area contributed by atoms with E-state index < -0.39 is 11.7 Å². The fourth-order valence-corrected chi connectivity index (χ4v) is 3.43. The van der Waals surface area contributed by atoms with Gasteiger partial charge in [-0.25, -0.2) is 9.78 Å². The van der Waals surface area contributed by atoms with Gasteiger partial charge in [0.25, 0.3) is 0 Å². The van der Waals surface area contributed by atoms with Crippen molar-refractivity contribution in [3.05, 3.63) is 22.8 Å². The Morgan fingerprint density at radius 3 is 2.39 bits per heavy atom. The first kappa shape index (κ1) is 22.6. The van der Waals surface area contributed by atoms with Crippen LogP contribution in [0.25, 0.3) is 0 Å². The van der Waals surface area contributed by atoms with Crippen LogP contribution in [0.2, 0.25) is 5.02 Å². The molecular formula is C19H28ClF3N4O. The Kier molecular flexibility index (Phi) is 7.80. The zero-order valence-corrected chi connectivity index (χ0v) is 17.3. The highest BCUT2D eigenvalue weighted by molar-refractivity contribution is 6.33. The van der Waals surface area contributed by atoms with Crippen LogP contribution in [0.5, 0.6) is 0 Å². The number of hydrogen-bond acceptors (Lipinski definition) is 3. The van der Waals surface area contributed by atoms with Gasteiger partial charge >= 0.3 is 12.2 Å². The first-order chi connectivity index (χ1) is 13.1. The van der Waals surface area contributed by atoms with Crippen molar-refractivity contribution in [2.24, 2.45) is 5.92 Å². The van der Waals surface area contributed by atoms with Crippen LogP contribution in [-0.4, -0.2) is 48.1 Å². The number of amides is 2. The van der Waals surface area contributed by atoms with E-state index in [-0.39, 0.29) is 17.1 Å². The summed E-state index contributed by atoms with van der Waals surface area (Å²) in [5, 5.41) is 2.98. The molecule has 0 aromatic carbocycles. The SMILES string of the molecule is CC(C)CCC[C@@H](C)NC(=O)N1CCN(c2ncc(C(F)(F)F)cc2Cl)CC1. The van der Waals surface area contributed by atoms with Gasteiger partial charge in [0, 0.05) is 38.4 Å². The lowest BCUT2D eigenvalue weighted by Gasteiger charge is -2.36. The minimum absolute atomic E-state index is 0.0356. The van der Waals surface area contributed by atoms with E-state index >= 15 is 0 Å². The van der Waals surface area contributed by atoms with Crippen molar-refractivity contribution in [3.8, 4) is 0 Å². The summed E-state index contributed by atoms with van der Waals surface area (Å²) in [4.78, 5) is 19.8. The minimum atomic E-state index is -4.47. The molecule has 0 spiro atoms. The smallest absolute Gasteiger partial charge is 0.352 e. The van der Waals surface area contributed by atoms with E-state index in [0.717, 1.165) is 31.5 Å². The van der Waals surface area contributed by atoms with Crippen molar-refractivity contribution in [2.75, 3.05) is 31.1 Å². The van der Waals surface area contributed by atoms with Gasteiger partial charge in [-0.15, -0.1) is 0 Å². The highest BCUT2D eigenvalue weighted by atomic mass is 35.5. The summed E-state index contributed by atoms with van der Waals surface area (Å²) in [7, 11) is 0. The molecule has 9 heteroatoms. The molecule has 0 bridgehead atoms. The highest BCUT2D eigenvalue weighted by Gasteiger charge is 2.32. The molecule has 0 aliphatic carbocycles. The molecule has 0 unspecified atom stereocenters. The third-order valence-electron chi connectivity index (χ3n) is 4.80. The number of aromatic nitrogens is 1. The zero-order valence-electron chi connectivity index (χ0n) is 16.5. The van der Waals surface area contributed by atoms with Crippen LogP contribution in [0.15, 0.2) is 12.3 Å². The van der Waals surface area contributed by atoms with E-state index in [4.69, 9.17) is 11.6 Å². The van der Waals surface area contributed by atoms with Crippen molar-refractivity contribution < 1.29 is 18.0 Å². The van der Waals surface area contributed by atoms with E-state index in [1.54, 1.807) is 9.80 Å². The number of nitrogens with zero attached hydrogens (tertiary/aromatic N) is 3. The van der Waals surface area contributed by atoms with Crippen LogP contribution in [0.4, 0.5) is 23.8 Å². The maximum absolute atomic E-state index is 12.7. The second kappa shape index (κ2) is 9.67. The number of rotatable bonds is 6. The van der Waals surface area contributed by atoms with Crippen LogP contribution in [0.3, 0.4) is 0 Å². The number of anilines is 1. The number of hydrogen-bond donors (Lipinski definition) is 1. The summed E-state index contributed by atoms with van der Waals surface area (Å²) >= 11 is 6.01. The van der Waals surface area contributed by atoms with Crippen LogP contribution in [0, 0.1) is 5.92 Å². The van der Waals surface area contributed by atoms with Gasteiger partial charge in [-0.1, -0.05) is 38.3 Å². The third kappa shape index (κ3) is 6.43. The molecular weight excluding hydrogens is 393 g/mol. The molecule has 1 saturated heterocycles. The van der Waals surface area contributed by atoms with Gasteiger partial charge in [-0.05, 0) is 25.3 Å². The van der Waals surface area contributed by atoms with Gasteiger partial charge in [-0.2, -0.15) is 13.2 Å². The lowest BCUT2D eigenvalue weighted by molar-refractivity contribution is -0.137. The number of carbonyl (C=O) groups excluding carboxylic acids is 1. The number of nitrogens with one attached hydrogen (secondary N) is 1. The quantitative estimate of drug-likeness (QED) is 0.719. The number of urea groups is 1. The van der Waals surface area contributed by atoms with Gasteiger partial charge < -0.3 is 15.1 Å². The van der Waals surface area contributed by atoms with E-state index in [9.17, 15) is 18.0 Å². The molecule has 1 atom stereocenters. The molecule has 158 valence electrons. The number of pyridine rings is 1. The summed E-state index contributed by atoms with van der Waals surface area (Å²) in [5.74, 6) is 0.971. The Bertz CT molecular complexity index is 661. The van der Waals surface area contributed by atoms with Gasteiger partial charge in [0.15, 0.2) is 0 Å². The van der Waals surface area contributed by atoms with E-state index in [2.05, 4.69) is 24.1 Å². The van der Waals surface area contributed by atoms with E-state index in [0.29, 0.717) is 37.9 Å². The predicted molar refractivity (Wildman–Crippen MR) is 105 cm³/mol. The molecule has 28 heavy (non-hydrogen) atoms. The Hall–Kier alpha value is -1.70. The van der Waals surface area contributed by atoms with Crippen molar-refractivity contribution in [1.29, 1.82) is 0 Å². The molecule has 1 aromatic rings. The van der Waals surface area contributed by atoms with Crippen molar-refractivity contribution in [1.82, 2.24) is 15.2 Å². The summed E-state index contributed by atoms with van der Waals surface area (Å²) in [6.07, 6.45) is -0.531. The van der Waals surface area contributed by atoms with Crippen molar-refractivity contribution in [3.63, 3.8) is 0 Å². The summed E-state index contributed by atoms with van der Waals surface area (Å²) in [5.41, 5.74) is -0.870. The van der Waals surface area contributed by atoms with Crippen molar-refractivity contribution in [2.45, 2.75) is 52.3 Å². The van der Waals surface area contributed by atoms with Crippen molar-refractivity contribution >= 4 is 23.4 Å². The molecule has 1 aromatic heterocycles. The average molecular weight is 421 g/mol. The number of piperazine rings is 1. The second-order valence-corrected chi connectivity index (χ2v) is 8.08. The molecule has 2 rings (SSSR count). The van der Waals surface area contributed by atoms with Gasteiger partial charge in [0.2, 0.25) is 0 Å². The molecule has 5 nitrogen and oxygen atoms in total. The average Bonchev–Trinajstić information content (AvgIpc) is 2.60. The van der Waals surface area contributed by atoms with Gasteiger partial charge in [0.05, 0.1) is 10.6 Å². The molecule has 1 N–H and O–H groups in total. The highest BCUT2D eigenvalue weighted by Crippen LogP contribution is 2.33. The Morgan fingerprint density at radius 1 is 1.21 bits per heavy atom. The lowest BCUT2D eigenvalue weighted by atomic mass is 10.0. The van der Waals surface area contributed by atoms with Crippen LogP contribution in [0.1, 0.15) is 45.6 Å². The first-order valence-electron chi connectivity index (χ1n) is 9.61. The lowest BCUT2D eigenvalue weighted by Crippen LogP contribution is -2.53. The van der Waals surface area contributed by atoms with E-state index in [1.807, 2.05) is 6.92 Å². The normalized spacial score (nSPS) is 16.4. The summed E-state index contributed by atoms with van der Waals surface area (Å²) < 4.78 is 38.2. The largest absolute Gasteiger partial charge is 0.417 e. The number of halogens is 4.